The van der Waals surface area contributed by atoms with E-state index in [0.717, 1.165) is 48.4 Å². The minimum Gasteiger partial charge on any atom is -0.444 e. The molecule has 29 heavy (non-hydrogen) atoms. The molecule has 1 aromatic heterocycles. The van der Waals surface area contributed by atoms with Crippen molar-refractivity contribution in [1.82, 2.24) is 10.3 Å². The summed E-state index contributed by atoms with van der Waals surface area (Å²) in [5.74, 6) is 0.376. The smallest absolute Gasteiger partial charge is 0.407 e. The summed E-state index contributed by atoms with van der Waals surface area (Å²) in [6.07, 6.45) is 1.53. The number of amides is 1. The van der Waals surface area contributed by atoms with Crippen LogP contribution in [0.2, 0.25) is 0 Å². The first-order chi connectivity index (χ1) is 13.8. The van der Waals surface area contributed by atoms with Gasteiger partial charge < -0.3 is 20.1 Å². The van der Waals surface area contributed by atoms with E-state index in [2.05, 4.69) is 33.4 Å². The Labute approximate surface area is 176 Å². The topological polar surface area (TPSA) is 74.7 Å². The molecule has 0 spiro atoms. The lowest BCUT2D eigenvalue weighted by Crippen LogP contribution is -2.36. The molecular weight excluding hydrogens is 386 g/mol. The van der Waals surface area contributed by atoms with E-state index in [-0.39, 0.29) is 6.61 Å². The number of aryl methyl sites for hydroxylation is 1. The summed E-state index contributed by atoms with van der Waals surface area (Å²) in [7, 11) is 0. The van der Waals surface area contributed by atoms with Crippen LogP contribution in [-0.4, -0.2) is 41.5 Å². The Kier molecular flexibility index (Phi) is 6.80. The van der Waals surface area contributed by atoms with Crippen molar-refractivity contribution in [2.45, 2.75) is 52.7 Å². The van der Waals surface area contributed by atoms with E-state index < -0.39 is 11.7 Å². The highest BCUT2D eigenvalue weighted by atomic mass is 32.1. The highest BCUT2D eigenvalue weighted by Crippen LogP contribution is 2.34. The molecule has 0 aliphatic carbocycles. The van der Waals surface area contributed by atoms with E-state index in [0.29, 0.717) is 12.5 Å². The predicted molar refractivity (Wildman–Crippen MR) is 117 cm³/mol. The number of carbonyl (C=O) groups is 1. The van der Waals surface area contributed by atoms with Crippen molar-refractivity contribution in [1.29, 1.82) is 0 Å². The number of alkyl carbamates (subject to hydrolysis) is 1. The fraction of sp³-hybridized carbons (Fsp3) is 0.545. The number of hydrogen-bond donors (Lipinski definition) is 2. The average Bonchev–Trinajstić information content (AvgIpc) is 3.11. The molecule has 0 saturated carbocycles. The number of aromatic nitrogens is 1. The Hall–Kier alpha value is -2.12. The van der Waals surface area contributed by atoms with Gasteiger partial charge in [-0.15, -0.1) is 11.3 Å². The molecule has 1 aliphatic heterocycles. The molecule has 1 aliphatic rings. The summed E-state index contributed by atoms with van der Waals surface area (Å²) >= 11 is 1.64. The number of rotatable bonds is 5. The van der Waals surface area contributed by atoms with Gasteiger partial charge in [0.05, 0.1) is 16.1 Å². The lowest BCUT2D eigenvalue weighted by molar-refractivity contribution is 0.0523. The van der Waals surface area contributed by atoms with Crippen molar-refractivity contribution in [3.8, 4) is 10.4 Å². The second kappa shape index (κ2) is 9.13. The summed E-state index contributed by atoms with van der Waals surface area (Å²) in [5, 5.41) is 12.3. The summed E-state index contributed by atoms with van der Waals surface area (Å²) in [6, 6.07) is 6.38. The van der Waals surface area contributed by atoms with Gasteiger partial charge in [0.2, 0.25) is 0 Å². The molecule has 0 atom stereocenters. The van der Waals surface area contributed by atoms with Gasteiger partial charge in [-0.3, -0.25) is 0 Å². The number of nitrogens with zero attached hydrogens (tertiary/aromatic N) is 2. The third-order valence-corrected chi connectivity index (χ3v) is 6.11. The molecule has 1 amide bonds. The van der Waals surface area contributed by atoms with Crippen molar-refractivity contribution in [3.63, 3.8) is 0 Å². The van der Waals surface area contributed by atoms with Crippen molar-refractivity contribution < 1.29 is 14.6 Å². The monoisotopic (exact) mass is 417 g/mol. The Balaban J connectivity index is 1.83. The lowest BCUT2D eigenvalue weighted by atomic mass is 9.96. The van der Waals surface area contributed by atoms with Gasteiger partial charge in [0.1, 0.15) is 5.60 Å². The number of thiazole rings is 1. The van der Waals surface area contributed by atoms with Crippen LogP contribution in [0.1, 0.15) is 44.9 Å². The van der Waals surface area contributed by atoms with E-state index in [1.165, 1.54) is 4.88 Å². The van der Waals surface area contributed by atoms with Crippen molar-refractivity contribution in [2.75, 3.05) is 24.6 Å². The number of anilines is 1. The van der Waals surface area contributed by atoms with Gasteiger partial charge in [-0.2, -0.15) is 0 Å². The molecule has 1 fully saturated rings. The maximum Gasteiger partial charge on any atom is 0.407 e. The molecule has 0 bridgehead atoms. The Morgan fingerprint density at radius 3 is 2.66 bits per heavy atom. The fourth-order valence-corrected chi connectivity index (χ4v) is 4.37. The van der Waals surface area contributed by atoms with Crippen LogP contribution in [0.25, 0.3) is 10.4 Å². The first-order valence-electron chi connectivity index (χ1n) is 10.1. The molecule has 6 nitrogen and oxygen atoms in total. The maximum absolute atomic E-state index is 12.1. The van der Waals surface area contributed by atoms with Crippen molar-refractivity contribution in [3.05, 3.63) is 35.0 Å². The third kappa shape index (κ3) is 5.70. The first-order valence-corrected chi connectivity index (χ1v) is 11.0. The molecule has 0 unspecified atom stereocenters. The number of aliphatic hydroxyl groups is 1. The summed E-state index contributed by atoms with van der Waals surface area (Å²) < 4.78 is 5.37. The van der Waals surface area contributed by atoms with Gasteiger partial charge in [-0.1, -0.05) is 12.1 Å². The highest BCUT2D eigenvalue weighted by molar-refractivity contribution is 7.13. The average molecular weight is 418 g/mol. The van der Waals surface area contributed by atoms with E-state index in [1.807, 2.05) is 33.2 Å². The molecule has 2 N–H and O–H groups in total. The van der Waals surface area contributed by atoms with Crippen LogP contribution in [0.4, 0.5) is 10.5 Å². The zero-order valence-electron chi connectivity index (χ0n) is 17.7. The number of ether oxygens (including phenoxy) is 1. The molecule has 0 radical (unpaired) electrons. The molecular formula is C22H31N3O3S. The van der Waals surface area contributed by atoms with E-state index in [9.17, 15) is 9.90 Å². The number of piperidine rings is 1. The molecule has 1 aromatic carbocycles. The van der Waals surface area contributed by atoms with E-state index >= 15 is 0 Å². The van der Waals surface area contributed by atoms with Crippen LogP contribution in [0, 0.1) is 12.8 Å². The van der Waals surface area contributed by atoms with Gasteiger partial charge in [-0.05, 0) is 63.6 Å². The number of carbonyl (C=O) groups excluding carboxylic acids is 1. The largest absolute Gasteiger partial charge is 0.444 e. The van der Waals surface area contributed by atoms with Crippen LogP contribution in [-0.2, 0) is 11.3 Å². The van der Waals surface area contributed by atoms with Gasteiger partial charge in [-0.25, -0.2) is 9.78 Å². The van der Waals surface area contributed by atoms with Crippen molar-refractivity contribution >= 4 is 23.1 Å². The highest BCUT2D eigenvalue weighted by Gasteiger charge is 2.22. The fourth-order valence-electron chi connectivity index (χ4n) is 3.57. The quantitative estimate of drug-likeness (QED) is 0.756. The van der Waals surface area contributed by atoms with E-state index in [4.69, 9.17) is 4.74 Å². The Morgan fingerprint density at radius 1 is 1.34 bits per heavy atom. The molecule has 158 valence electrons. The zero-order valence-corrected chi connectivity index (χ0v) is 18.5. The normalized spacial score (nSPS) is 15.4. The lowest BCUT2D eigenvalue weighted by Gasteiger charge is -2.34. The van der Waals surface area contributed by atoms with Crippen LogP contribution < -0.4 is 10.2 Å². The molecule has 1 saturated heterocycles. The first kappa shape index (κ1) is 21.6. The van der Waals surface area contributed by atoms with E-state index in [1.54, 1.807) is 11.3 Å². The Morgan fingerprint density at radius 2 is 2.07 bits per heavy atom. The predicted octanol–water partition coefficient (Wildman–Crippen LogP) is 4.35. The number of hydrogen-bond acceptors (Lipinski definition) is 6. The Bertz CT molecular complexity index is 836. The SMILES string of the molecule is Cc1ncsc1-c1ccc(CNC(=O)OC(C)(C)C)c(N2CCC(CO)CC2)c1. The van der Waals surface area contributed by atoms with Gasteiger partial charge in [0.15, 0.2) is 0 Å². The second-order valence-electron chi connectivity index (χ2n) is 8.58. The van der Waals surface area contributed by atoms with Crippen LogP contribution in [0.15, 0.2) is 23.7 Å². The zero-order chi connectivity index (χ0) is 21.0. The minimum atomic E-state index is -0.521. The molecule has 7 heteroatoms. The summed E-state index contributed by atoms with van der Waals surface area (Å²) in [5.41, 5.74) is 5.71. The standard InChI is InChI=1S/C22H31N3O3S/c1-15-20(29-14-24-15)17-5-6-18(12-23-21(27)28-22(2,3)4)19(11-17)25-9-7-16(13-26)8-10-25/h5-6,11,14,16,26H,7-10,12-13H2,1-4H3,(H,23,27). The van der Waals surface area contributed by atoms with Crippen LogP contribution in [0.3, 0.4) is 0 Å². The van der Waals surface area contributed by atoms with Gasteiger partial charge in [0.25, 0.3) is 0 Å². The van der Waals surface area contributed by atoms with Gasteiger partial charge in [0, 0.05) is 31.9 Å². The van der Waals surface area contributed by atoms with Crippen molar-refractivity contribution in [2.24, 2.45) is 5.92 Å². The van der Waals surface area contributed by atoms with Crippen LogP contribution >= 0.6 is 11.3 Å². The maximum atomic E-state index is 12.1. The number of nitrogens with one attached hydrogen (secondary N) is 1. The summed E-state index contributed by atoms with van der Waals surface area (Å²) in [4.78, 5) is 20.0. The second-order valence-corrected chi connectivity index (χ2v) is 9.43. The van der Waals surface area contributed by atoms with Gasteiger partial charge >= 0.3 is 6.09 Å². The molecule has 2 heterocycles. The molecule has 2 aromatic rings. The number of aliphatic hydroxyl groups excluding tert-OH is 1. The molecule has 3 rings (SSSR count). The van der Waals surface area contributed by atoms with Crippen LogP contribution in [0.5, 0.6) is 0 Å². The number of benzene rings is 1. The minimum absolute atomic E-state index is 0.251. The third-order valence-electron chi connectivity index (χ3n) is 5.13. The summed E-state index contributed by atoms with van der Waals surface area (Å²) in [6.45, 7) is 10.1.